The molecule has 0 saturated carbocycles. The predicted octanol–water partition coefficient (Wildman–Crippen LogP) is 2.62. The first-order valence-electron chi connectivity index (χ1n) is 6.49. The molecule has 0 aromatic heterocycles. The van der Waals surface area contributed by atoms with Gasteiger partial charge in [0, 0.05) is 18.8 Å². The first kappa shape index (κ1) is 12.4. The van der Waals surface area contributed by atoms with E-state index >= 15 is 0 Å². The van der Waals surface area contributed by atoms with Crippen LogP contribution in [0.15, 0.2) is 24.3 Å². The summed E-state index contributed by atoms with van der Waals surface area (Å²) in [5.41, 5.74) is 7.82. The molecule has 17 heavy (non-hydrogen) atoms. The average Bonchev–Trinajstić information content (AvgIpc) is 2.39. The summed E-state index contributed by atoms with van der Waals surface area (Å²) in [5.74, 6) is 0. The molecule has 0 aliphatic carbocycles. The van der Waals surface area contributed by atoms with Gasteiger partial charge in [-0.25, -0.2) is 0 Å². The zero-order valence-corrected chi connectivity index (χ0v) is 10.6. The molecule has 3 heteroatoms. The van der Waals surface area contributed by atoms with Crippen LogP contribution in [0.25, 0.3) is 0 Å². The molecule has 1 heterocycles. The van der Waals surface area contributed by atoms with Crippen LogP contribution in [0.3, 0.4) is 0 Å². The van der Waals surface area contributed by atoms with Crippen molar-refractivity contribution >= 4 is 5.69 Å². The average molecular weight is 234 g/mol. The van der Waals surface area contributed by atoms with Gasteiger partial charge in [-0.05, 0) is 43.5 Å². The van der Waals surface area contributed by atoms with E-state index in [0.29, 0.717) is 6.23 Å². The van der Waals surface area contributed by atoms with Crippen molar-refractivity contribution in [3.8, 4) is 0 Å². The van der Waals surface area contributed by atoms with Crippen LogP contribution in [-0.4, -0.2) is 24.3 Å². The molecule has 0 bridgehead atoms. The summed E-state index contributed by atoms with van der Waals surface area (Å²) in [6.07, 6.45) is 3.94. The van der Waals surface area contributed by atoms with E-state index in [4.69, 9.17) is 10.5 Å². The fraction of sp³-hybridized carbons (Fsp3) is 0.571. The number of nitrogens with zero attached hydrogens (tertiary/aromatic N) is 1. The molecule has 1 aromatic carbocycles. The van der Waals surface area contributed by atoms with Crippen molar-refractivity contribution in [2.45, 2.75) is 39.0 Å². The van der Waals surface area contributed by atoms with Crippen molar-refractivity contribution in [1.29, 1.82) is 0 Å². The highest BCUT2D eigenvalue weighted by Crippen LogP contribution is 2.19. The summed E-state index contributed by atoms with van der Waals surface area (Å²) in [6, 6.07) is 8.12. The molecule has 94 valence electrons. The molecule has 2 rings (SSSR count). The molecule has 1 unspecified atom stereocenters. The van der Waals surface area contributed by atoms with Crippen LogP contribution in [-0.2, 0) is 11.3 Å². The van der Waals surface area contributed by atoms with Gasteiger partial charge in [-0.2, -0.15) is 0 Å². The zero-order valence-electron chi connectivity index (χ0n) is 10.6. The van der Waals surface area contributed by atoms with Crippen molar-refractivity contribution in [1.82, 2.24) is 4.90 Å². The highest BCUT2D eigenvalue weighted by atomic mass is 16.5. The molecule has 1 aromatic rings. The fourth-order valence-electron chi connectivity index (χ4n) is 2.29. The molecule has 0 amide bonds. The van der Waals surface area contributed by atoms with E-state index in [2.05, 4.69) is 24.0 Å². The summed E-state index contributed by atoms with van der Waals surface area (Å²) in [4.78, 5) is 2.39. The van der Waals surface area contributed by atoms with Crippen LogP contribution in [0.2, 0.25) is 0 Å². The molecule has 1 saturated heterocycles. The van der Waals surface area contributed by atoms with E-state index in [1.807, 2.05) is 12.1 Å². The maximum absolute atomic E-state index is 5.83. The normalized spacial score (nSPS) is 20.7. The second-order valence-corrected chi connectivity index (χ2v) is 4.63. The number of ether oxygens (including phenoxy) is 1. The molecule has 0 radical (unpaired) electrons. The van der Waals surface area contributed by atoms with Gasteiger partial charge in [0.15, 0.2) is 0 Å². The summed E-state index contributed by atoms with van der Waals surface area (Å²) in [5, 5.41) is 0. The van der Waals surface area contributed by atoms with Crippen LogP contribution in [0.4, 0.5) is 5.69 Å². The summed E-state index contributed by atoms with van der Waals surface area (Å²) < 4.78 is 5.83. The Labute approximate surface area is 104 Å². The molecule has 1 aliphatic rings. The third kappa shape index (κ3) is 3.45. The number of hydrogen-bond donors (Lipinski definition) is 1. The Kier molecular flexibility index (Phi) is 4.40. The van der Waals surface area contributed by atoms with Crippen LogP contribution in [0.5, 0.6) is 0 Å². The van der Waals surface area contributed by atoms with Crippen LogP contribution in [0.1, 0.15) is 31.7 Å². The van der Waals surface area contributed by atoms with Gasteiger partial charge in [0.1, 0.15) is 6.23 Å². The van der Waals surface area contributed by atoms with E-state index in [0.717, 1.165) is 31.8 Å². The van der Waals surface area contributed by atoms with Crippen molar-refractivity contribution < 1.29 is 4.74 Å². The predicted molar refractivity (Wildman–Crippen MR) is 70.5 cm³/mol. The van der Waals surface area contributed by atoms with Gasteiger partial charge in [0.05, 0.1) is 0 Å². The quantitative estimate of drug-likeness (QED) is 0.814. The molecule has 2 N–H and O–H groups in total. The SMILES string of the molecule is CCN(Cc1ccc(N)cc1)C1CCCCO1. The van der Waals surface area contributed by atoms with E-state index in [1.54, 1.807) is 0 Å². The minimum atomic E-state index is 0.298. The molecule has 1 fully saturated rings. The Bertz CT molecular complexity index is 331. The van der Waals surface area contributed by atoms with E-state index < -0.39 is 0 Å². The van der Waals surface area contributed by atoms with E-state index in [9.17, 15) is 0 Å². The number of nitrogens with two attached hydrogens (primary N) is 1. The largest absolute Gasteiger partial charge is 0.399 e. The van der Waals surface area contributed by atoms with Crippen LogP contribution in [0, 0.1) is 0 Å². The fourth-order valence-corrected chi connectivity index (χ4v) is 2.29. The second-order valence-electron chi connectivity index (χ2n) is 4.63. The third-order valence-corrected chi connectivity index (χ3v) is 3.33. The van der Waals surface area contributed by atoms with Crippen molar-refractivity contribution in [2.24, 2.45) is 0 Å². The number of anilines is 1. The summed E-state index contributed by atoms with van der Waals surface area (Å²) in [6.45, 7) is 5.06. The van der Waals surface area contributed by atoms with E-state index in [-0.39, 0.29) is 0 Å². The first-order chi connectivity index (χ1) is 8.29. The standard InChI is InChI=1S/C14H22N2O/c1-2-16(14-5-3-4-10-17-14)11-12-6-8-13(15)9-7-12/h6-9,14H,2-5,10-11,15H2,1H3. The van der Waals surface area contributed by atoms with Crippen LogP contribution >= 0.6 is 0 Å². The monoisotopic (exact) mass is 234 g/mol. The highest BCUT2D eigenvalue weighted by Gasteiger charge is 2.20. The Morgan fingerprint density at radius 1 is 1.29 bits per heavy atom. The minimum absolute atomic E-state index is 0.298. The maximum atomic E-state index is 5.83. The Morgan fingerprint density at radius 2 is 2.06 bits per heavy atom. The number of nitrogen functional groups attached to an aromatic ring is 1. The topological polar surface area (TPSA) is 38.5 Å². The summed E-state index contributed by atoms with van der Waals surface area (Å²) >= 11 is 0. The number of hydrogen-bond acceptors (Lipinski definition) is 3. The number of benzene rings is 1. The van der Waals surface area contributed by atoms with E-state index in [1.165, 1.54) is 18.4 Å². The van der Waals surface area contributed by atoms with Gasteiger partial charge in [0.25, 0.3) is 0 Å². The molecule has 3 nitrogen and oxygen atoms in total. The lowest BCUT2D eigenvalue weighted by molar-refractivity contribution is -0.0876. The Morgan fingerprint density at radius 3 is 2.65 bits per heavy atom. The third-order valence-electron chi connectivity index (χ3n) is 3.33. The zero-order chi connectivity index (χ0) is 12.1. The Balaban J connectivity index is 1.96. The molecule has 0 spiro atoms. The van der Waals surface area contributed by atoms with Gasteiger partial charge in [-0.3, -0.25) is 4.90 Å². The molecular weight excluding hydrogens is 212 g/mol. The van der Waals surface area contributed by atoms with Gasteiger partial charge in [0.2, 0.25) is 0 Å². The second kappa shape index (κ2) is 6.03. The minimum Gasteiger partial charge on any atom is -0.399 e. The van der Waals surface area contributed by atoms with Gasteiger partial charge in [-0.1, -0.05) is 19.1 Å². The lowest BCUT2D eigenvalue weighted by atomic mass is 10.1. The van der Waals surface area contributed by atoms with Gasteiger partial charge in [-0.15, -0.1) is 0 Å². The molecular formula is C14H22N2O. The highest BCUT2D eigenvalue weighted by molar-refractivity contribution is 5.39. The van der Waals surface area contributed by atoms with Gasteiger partial charge >= 0.3 is 0 Å². The summed E-state index contributed by atoms with van der Waals surface area (Å²) in [7, 11) is 0. The molecule has 1 atom stereocenters. The number of rotatable bonds is 4. The van der Waals surface area contributed by atoms with Gasteiger partial charge < -0.3 is 10.5 Å². The van der Waals surface area contributed by atoms with Crippen LogP contribution < -0.4 is 5.73 Å². The lowest BCUT2D eigenvalue weighted by Gasteiger charge is -2.33. The lowest BCUT2D eigenvalue weighted by Crippen LogP contribution is -2.38. The first-order valence-corrected chi connectivity index (χ1v) is 6.49. The van der Waals surface area contributed by atoms with Crippen molar-refractivity contribution in [3.63, 3.8) is 0 Å². The smallest absolute Gasteiger partial charge is 0.110 e. The maximum Gasteiger partial charge on any atom is 0.110 e. The Hall–Kier alpha value is -1.06. The molecule has 1 aliphatic heterocycles. The van der Waals surface area contributed by atoms with Crippen molar-refractivity contribution in [2.75, 3.05) is 18.9 Å². The van der Waals surface area contributed by atoms with Crippen molar-refractivity contribution in [3.05, 3.63) is 29.8 Å².